The van der Waals surface area contributed by atoms with Crippen molar-refractivity contribution >= 4 is 23.0 Å². The lowest BCUT2D eigenvalue weighted by molar-refractivity contribution is -0.514. The van der Waals surface area contributed by atoms with Gasteiger partial charge in [-0.1, -0.05) is 29.8 Å². The third-order valence-corrected chi connectivity index (χ3v) is 5.72. The van der Waals surface area contributed by atoms with Gasteiger partial charge >= 0.3 is 11.7 Å². The number of carbonyl (C=O) groups excluding carboxylic acids is 1. The number of rotatable bonds is 5. The first-order chi connectivity index (χ1) is 12.7. The average Bonchev–Trinajstić information content (AvgIpc) is 3.56. The molecule has 2 fully saturated rings. The SMILES string of the molecule is O=C(NC(C1CC1)C1CC1)c1[nH]c(-c2cccc(Cl)c2)c2cccc[n+]12. The molecule has 0 aliphatic heterocycles. The van der Waals surface area contributed by atoms with Gasteiger partial charge < -0.3 is 5.32 Å². The summed E-state index contributed by atoms with van der Waals surface area (Å²) in [5.74, 6) is 1.89. The normalized spacial score (nSPS) is 17.0. The molecule has 0 bridgehead atoms. The number of hydrogen-bond donors (Lipinski definition) is 2. The number of nitrogens with zero attached hydrogens (tertiary/aromatic N) is 1. The predicted octanol–water partition coefficient (Wildman–Crippen LogP) is 3.99. The van der Waals surface area contributed by atoms with E-state index in [4.69, 9.17) is 11.6 Å². The Morgan fingerprint density at radius 2 is 1.88 bits per heavy atom. The zero-order valence-corrected chi connectivity index (χ0v) is 15.2. The van der Waals surface area contributed by atoms with E-state index in [1.54, 1.807) is 0 Å². The molecule has 5 rings (SSSR count). The molecule has 1 aromatic carbocycles. The molecule has 2 N–H and O–H groups in total. The molecule has 5 heteroatoms. The molecule has 0 unspecified atom stereocenters. The number of amides is 1. The second kappa shape index (κ2) is 6.13. The highest BCUT2D eigenvalue weighted by molar-refractivity contribution is 6.30. The molecule has 4 nitrogen and oxygen atoms in total. The molecule has 0 saturated heterocycles. The van der Waals surface area contributed by atoms with E-state index in [1.807, 2.05) is 53.1 Å². The van der Waals surface area contributed by atoms with Gasteiger partial charge in [-0.15, -0.1) is 0 Å². The zero-order valence-electron chi connectivity index (χ0n) is 14.4. The van der Waals surface area contributed by atoms with Crippen molar-refractivity contribution in [2.24, 2.45) is 11.8 Å². The van der Waals surface area contributed by atoms with Gasteiger partial charge in [0, 0.05) is 16.6 Å². The highest BCUT2D eigenvalue weighted by atomic mass is 35.5. The van der Waals surface area contributed by atoms with Crippen LogP contribution in [0.4, 0.5) is 0 Å². The lowest BCUT2D eigenvalue weighted by Gasteiger charge is -2.15. The van der Waals surface area contributed by atoms with Crippen LogP contribution < -0.4 is 9.72 Å². The number of H-pyrrole nitrogens is 1. The summed E-state index contributed by atoms with van der Waals surface area (Å²) in [6.45, 7) is 0. The first kappa shape index (κ1) is 15.9. The monoisotopic (exact) mass is 366 g/mol. The van der Waals surface area contributed by atoms with Crippen LogP contribution in [0.25, 0.3) is 16.8 Å². The van der Waals surface area contributed by atoms with Crippen molar-refractivity contribution in [2.45, 2.75) is 31.7 Å². The highest BCUT2D eigenvalue weighted by Crippen LogP contribution is 2.44. The van der Waals surface area contributed by atoms with Crippen LogP contribution in [0.1, 0.15) is 36.3 Å². The number of fused-ring (bicyclic) bond motifs is 1. The van der Waals surface area contributed by atoms with Gasteiger partial charge in [-0.2, -0.15) is 4.40 Å². The van der Waals surface area contributed by atoms with E-state index in [2.05, 4.69) is 10.3 Å². The molecule has 1 amide bonds. The Morgan fingerprint density at radius 1 is 1.12 bits per heavy atom. The Morgan fingerprint density at radius 3 is 2.58 bits per heavy atom. The van der Waals surface area contributed by atoms with Crippen molar-refractivity contribution in [2.75, 3.05) is 0 Å². The summed E-state index contributed by atoms with van der Waals surface area (Å²) >= 11 is 6.17. The second-order valence-electron chi connectivity index (χ2n) is 7.49. The molecule has 0 spiro atoms. The number of imidazole rings is 1. The van der Waals surface area contributed by atoms with E-state index < -0.39 is 0 Å². The van der Waals surface area contributed by atoms with Gasteiger partial charge in [0.1, 0.15) is 0 Å². The third-order valence-electron chi connectivity index (χ3n) is 5.49. The molecule has 3 aromatic rings. The molecule has 2 saturated carbocycles. The van der Waals surface area contributed by atoms with Crippen molar-refractivity contribution in [3.8, 4) is 11.3 Å². The Hall–Kier alpha value is -2.33. The third kappa shape index (κ3) is 2.88. The topological polar surface area (TPSA) is 49.0 Å². The Labute approximate surface area is 157 Å². The predicted molar refractivity (Wildman–Crippen MR) is 101 cm³/mol. The first-order valence-corrected chi connectivity index (χ1v) is 9.67. The number of halogens is 1. The fourth-order valence-electron chi connectivity index (χ4n) is 3.87. The van der Waals surface area contributed by atoms with E-state index in [-0.39, 0.29) is 5.91 Å². The van der Waals surface area contributed by atoms with Gasteiger partial charge in [0.05, 0.1) is 6.20 Å². The number of hydrogen-bond acceptors (Lipinski definition) is 1. The lowest BCUT2D eigenvalue weighted by Crippen LogP contribution is -2.42. The first-order valence-electron chi connectivity index (χ1n) is 9.30. The van der Waals surface area contributed by atoms with Crippen LogP contribution in [-0.2, 0) is 0 Å². The number of carbonyl (C=O) groups is 1. The van der Waals surface area contributed by atoms with Crippen molar-refractivity contribution in [1.29, 1.82) is 0 Å². The Bertz CT molecular complexity index is 976. The molecule has 132 valence electrons. The van der Waals surface area contributed by atoms with Crippen molar-refractivity contribution in [3.63, 3.8) is 0 Å². The standard InChI is InChI=1S/C21H20ClN3O/c22-16-5-3-4-15(12-16)19-17-6-1-2-11-25(17)20(23-19)21(26)24-18(13-7-8-13)14-9-10-14/h1-6,11-14,18H,7-10H2,(H,24,26)/p+1. The summed E-state index contributed by atoms with van der Waals surface area (Å²) in [5, 5.41) is 3.99. The van der Waals surface area contributed by atoms with E-state index in [0.717, 1.165) is 16.8 Å². The maximum Gasteiger partial charge on any atom is 0.351 e. The molecular weight excluding hydrogens is 346 g/mol. The van der Waals surface area contributed by atoms with E-state index >= 15 is 0 Å². The fraction of sp³-hybridized carbons (Fsp3) is 0.333. The van der Waals surface area contributed by atoms with Crippen LogP contribution in [0.2, 0.25) is 5.02 Å². The molecular formula is C21H21ClN3O+. The number of nitrogens with one attached hydrogen (secondary N) is 2. The highest BCUT2D eigenvalue weighted by Gasteiger charge is 2.43. The van der Waals surface area contributed by atoms with Crippen LogP contribution >= 0.6 is 11.6 Å². The number of aromatic nitrogens is 2. The van der Waals surface area contributed by atoms with Crippen LogP contribution in [0.3, 0.4) is 0 Å². The maximum absolute atomic E-state index is 13.1. The number of aromatic amines is 1. The smallest absolute Gasteiger partial charge is 0.342 e. The van der Waals surface area contributed by atoms with Crippen LogP contribution in [0, 0.1) is 11.8 Å². The van der Waals surface area contributed by atoms with E-state index in [1.165, 1.54) is 25.7 Å². The fourth-order valence-corrected chi connectivity index (χ4v) is 4.06. The van der Waals surface area contributed by atoms with Gasteiger partial charge in [0.25, 0.3) is 0 Å². The van der Waals surface area contributed by atoms with Crippen LogP contribution in [0.5, 0.6) is 0 Å². The molecule has 2 aromatic heterocycles. The summed E-state index contributed by atoms with van der Waals surface area (Å²) in [4.78, 5) is 16.4. The van der Waals surface area contributed by atoms with Crippen molar-refractivity contribution < 1.29 is 9.20 Å². The van der Waals surface area contributed by atoms with E-state index in [9.17, 15) is 4.79 Å². The summed E-state index contributed by atoms with van der Waals surface area (Å²) < 4.78 is 1.93. The molecule has 2 heterocycles. The number of pyridine rings is 1. The maximum atomic E-state index is 13.1. The number of benzene rings is 1. The molecule has 0 radical (unpaired) electrons. The van der Waals surface area contributed by atoms with Crippen LogP contribution in [0.15, 0.2) is 48.7 Å². The lowest BCUT2D eigenvalue weighted by atomic mass is 10.1. The van der Waals surface area contributed by atoms with Crippen molar-refractivity contribution in [1.82, 2.24) is 10.3 Å². The Kier molecular flexibility index (Phi) is 3.75. The second-order valence-corrected chi connectivity index (χ2v) is 7.93. The van der Waals surface area contributed by atoms with Gasteiger partial charge in [-0.3, -0.25) is 4.79 Å². The van der Waals surface area contributed by atoms with E-state index in [0.29, 0.717) is 28.7 Å². The van der Waals surface area contributed by atoms with Crippen LogP contribution in [-0.4, -0.2) is 16.9 Å². The van der Waals surface area contributed by atoms with Gasteiger partial charge in [-0.25, -0.2) is 4.98 Å². The molecule has 0 atom stereocenters. The van der Waals surface area contributed by atoms with Gasteiger partial charge in [0.15, 0.2) is 11.2 Å². The van der Waals surface area contributed by atoms with Gasteiger partial charge in [-0.05, 0) is 61.8 Å². The molecule has 26 heavy (non-hydrogen) atoms. The van der Waals surface area contributed by atoms with Gasteiger partial charge in [0.2, 0.25) is 0 Å². The minimum atomic E-state index is -0.0247. The summed E-state index contributed by atoms with van der Waals surface area (Å²) in [7, 11) is 0. The summed E-state index contributed by atoms with van der Waals surface area (Å²) in [6.07, 6.45) is 6.90. The molecule has 2 aliphatic rings. The Balaban J connectivity index is 1.54. The zero-order chi connectivity index (χ0) is 17.7. The minimum absolute atomic E-state index is 0.0247. The average molecular weight is 367 g/mol. The molecule has 2 aliphatic carbocycles. The van der Waals surface area contributed by atoms with Crippen molar-refractivity contribution in [3.05, 3.63) is 59.5 Å². The largest absolute Gasteiger partial charge is 0.351 e. The minimum Gasteiger partial charge on any atom is -0.342 e. The summed E-state index contributed by atoms with van der Waals surface area (Å²) in [5.41, 5.74) is 2.85. The quantitative estimate of drug-likeness (QED) is 0.659. The summed E-state index contributed by atoms with van der Waals surface area (Å²) in [6, 6.07) is 14.0.